The lowest BCUT2D eigenvalue weighted by molar-refractivity contribution is -0.158. The van der Waals surface area contributed by atoms with Gasteiger partial charge in [-0.15, -0.1) is 11.3 Å². The van der Waals surface area contributed by atoms with E-state index < -0.39 is 17.9 Å². The second kappa shape index (κ2) is 6.34. The fraction of sp³-hybridized carbons (Fsp3) is 0.545. The zero-order valence-electron chi connectivity index (χ0n) is 9.80. The molecular formula is C11H15NO4S. The van der Waals surface area contributed by atoms with E-state index in [1.807, 2.05) is 6.92 Å². The van der Waals surface area contributed by atoms with Crippen LogP contribution < -0.4 is 0 Å². The molecule has 5 nitrogen and oxygen atoms in total. The van der Waals surface area contributed by atoms with Crippen LogP contribution in [0.1, 0.15) is 23.9 Å². The number of carbonyl (C=O) groups excluding carboxylic acids is 1. The first-order valence-electron chi connectivity index (χ1n) is 5.34. The third-order valence-electron chi connectivity index (χ3n) is 2.37. The number of aliphatic carboxylic acids is 1. The molecule has 94 valence electrons. The summed E-state index contributed by atoms with van der Waals surface area (Å²) >= 11 is 1.47. The van der Waals surface area contributed by atoms with Gasteiger partial charge in [0.25, 0.3) is 0 Å². The van der Waals surface area contributed by atoms with Gasteiger partial charge in [0, 0.05) is 4.88 Å². The number of aromatic nitrogens is 1. The van der Waals surface area contributed by atoms with E-state index in [2.05, 4.69) is 4.98 Å². The average Bonchev–Trinajstić information content (AvgIpc) is 2.64. The number of carboxylic acids is 1. The SMILES string of the molecule is CCOC(=O)C(CCc1scnc1C)C(=O)O. The molecule has 0 fully saturated rings. The lowest BCUT2D eigenvalue weighted by atomic mass is 10.0. The van der Waals surface area contributed by atoms with Gasteiger partial charge in [0.1, 0.15) is 0 Å². The molecule has 1 heterocycles. The van der Waals surface area contributed by atoms with Crippen LogP contribution in [-0.2, 0) is 20.7 Å². The predicted octanol–water partition coefficient (Wildman–Crippen LogP) is 1.65. The summed E-state index contributed by atoms with van der Waals surface area (Å²) in [5, 5.41) is 8.96. The van der Waals surface area contributed by atoms with Crippen LogP contribution in [0, 0.1) is 12.8 Å². The second-order valence-electron chi connectivity index (χ2n) is 3.54. The highest BCUT2D eigenvalue weighted by molar-refractivity contribution is 7.09. The molecule has 1 atom stereocenters. The molecule has 1 aromatic rings. The van der Waals surface area contributed by atoms with Gasteiger partial charge >= 0.3 is 11.9 Å². The fourth-order valence-corrected chi connectivity index (χ4v) is 2.22. The summed E-state index contributed by atoms with van der Waals surface area (Å²) in [4.78, 5) is 27.5. The molecule has 0 radical (unpaired) electrons. The Morgan fingerprint density at radius 3 is 2.76 bits per heavy atom. The van der Waals surface area contributed by atoms with Crippen molar-refractivity contribution in [1.82, 2.24) is 4.98 Å². The number of esters is 1. The van der Waals surface area contributed by atoms with Crippen molar-refractivity contribution < 1.29 is 19.4 Å². The van der Waals surface area contributed by atoms with E-state index in [1.54, 1.807) is 12.4 Å². The molecule has 1 unspecified atom stereocenters. The van der Waals surface area contributed by atoms with E-state index in [0.717, 1.165) is 10.6 Å². The quantitative estimate of drug-likeness (QED) is 0.619. The Kier molecular flexibility index (Phi) is 5.09. The van der Waals surface area contributed by atoms with Crippen molar-refractivity contribution in [3.8, 4) is 0 Å². The Hall–Kier alpha value is -1.43. The smallest absolute Gasteiger partial charge is 0.320 e. The number of hydrogen-bond donors (Lipinski definition) is 1. The molecule has 0 aromatic carbocycles. The summed E-state index contributed by atoms with van der Waals surface area (Å²) in [5.41, 5.74) is 2.60. The summed E-state index contributed by atoms with van der Waals surface area (Å²) in [5.74, 6) is -2.88. The second-order valence-corrected chi connectivity index (χ2v) is 4.48. The minimum atomic E-state index is -1.13. The molecule has 17 heavy (non-hydrogen) atoms. The molecule has 1 rings (SSSR count). The Morgan fingerprint density at radius 2 is 2.29 bits per heavy atom. The lowest BCUT2D eigenvalue weighted by Gasteiger charge is -2.10. The molecule has 0 saturated heterocycles. The van der Waals surface area contributed by atoms with Crippen molar-refractivity contribution in [2.24, 2.45) is 5.92 Å². The van der Waals surface area contributed by atoms with E-state index in [9.17, 15) is 9.59 Å². The number of aryl methyl sites for hydroxylation is 2. The molecule has 0 aliphatic heterocycles. The van der Waals surface area contributed by atoms with Crippen LogP contribution in [0.5, 0.6) is 0 Å². The van der Waals surface area contributed by atoms with Crippen LogP contribution >= 0.6 is 11.3 Å². The topological polar surface area (TPSA) is 76.5 Å². The van der Waals surface area contributed by atoms with E-state index in [-0.39, 0.29) is 13.0 Å². The van der Waals surface area contributed by atoms with Crippen molar-refractivity contribution in [2.75, 3.05) is 6.61 Å². The van der Waals surface area contributed by atoms with E-state index in [1.165, 1.54) is 11.3 Å². The van der Waals surface area contributed by atoms with E-state index in [0.29, 0.717) is 6.42 Å². The summed E-state index contributed by atoms with van der Waals surface area (Å²) in [6.45, 7) is 3.72. The van der Waals surface area contributed by atoms with Crippen LogP contribution in [0.3, 0.4) is 0 Å². The third kappa shape index (κ3) is 3.81. The highest BCUT2D eigenvalue weighted by atomic mass is 32.1. The van der Waals surface area contributed by atoms with Crippen LogP contribution in [0.4, 0.5) is 0 Å². The number of rotatable bonds is 6. The van der Waals surface area contributed by atoms with Gasteiger partial charge in [-0.25, -0.2) is 4.98 Å². The fourth-order valence-electron chi connectivity index (χ4n) is 1.43. The molecule has 0 saturated carbocycles. The van der Waals surface area contributed by atoms with Gasteiger partial charge in [0.2, 0.25) is 0 Å². The zero-order valence-corrected chi connectivity index (χ0v) is 10.6. The van der Waals surface area contributed by atoms with Crippen LogP contribution in [0.2, 0.25) is 0 Å². The van der Waals surface area contributed by atoms with Gasteiger partial charge < -0.3 is 9.84 Å². The number of ether oxygens (including phenoxy) is 1. The summed E-state index contributed by atoms with van der Waals surface area (Å²) in [7, 11) is 0. The number of hydrogen-bond acceptors (Lipinski definition) is 5. The zero-order chi connectivity index (χ0) is 12.8. The highest BCUT2D eigenvalue weighted by Gasteiger charge is 2.27. The van der Waals surface area contributed by atoms with Crippen molar-refractivity contribution >= 4 is 23.3 Å². The highest BCUT2D eigenvalue weighted by Crippen LogP contribution is 2.18. The van der Waals surface area contributed by atoms with Crippen LogP contribution in [0.25, 0.3) is 0 Å². The molecular weight excluding hydrogens is 242 g/mol. The molecule has 0 bridgehead atoms. The molecule has 0 aliphatic carbocycles. The van der Waals surface area contributed by atoms with Crippen molar-refractivity contribution in [3.05, 3.63) is 16.1 Å². The first-order valence-corrected chi connectivity index (χ1v) is 6.22. The number of carbonyl (C=O) groups is 2. The molecule has 0 aliphatic rings. The Bertz CT molecular complexity index is 402. The summed E-state index contributed by atoms with van der Waals surface area (Å²) in [6.07, 6.45) is 0.781. The van der Waals surface area contributed by atoms with Crippen molar-refractivity contribution in [2.45, 2.75) is 26.7 Å². The maximum atomic E-state index is 11.4. The number of carboxylic acid groups (broad SMARTS) is 1. The first-order chi connectivity index (χ1) is 8.06. The van der Waals surface area contributed by atoms with Crippen LogP contribution in [0.15, 0.2) is 5.51 Å². The molecule has 1 aromatic heterocycles. The molecule has 0 amide bonds. The Labute approximate surface area is 103 Å². The first kappa shape index (κ1) is 13.6. The Morgan fingerprint density at radius 1 is 1.59 bits per heavy atom. The standard InChI is InChI=1S/C11H15NO4S/c1-3-16-11(15)8(10(13)14)4-5-9-7(2)12-6-17-9/h6,8H,3-5H2,1-2H3,(H,13,14). The minimum absolute atomic E-state index is 0.197. The maximum Gasteiger partial charge on any atom is 0.320 e. The average molecular weight is 257 g/mol. The number of nitrogens with zero attached hydrogens (tertiary/aromatic N) is 1. The van der Waals surface area contributed by atoms with Gasteiger partial charge in [0.15, 0.2) is 5.92 Å². The summed E-state index contributed by atoms with van der Waals surface area (Å²) < 4.78 is 4.73. The van der Waals surface area contributed by atoms with E-state index >= 15 is 0 Å². The molecule has 0 spiro atoms. The Balaban J connectivity index is 2.59. The summed E-state index contributed by atoms with van der Waals surface area (Å²) in [6, 6.07) is 0. The van der Waals surface area contributed by atoms with Gasteiger partial charge in [-0.1, -0.05) is 0 Å². The van der Waals surface area contributed by atoms with Crippen LogP contribution in [-0.4, -0.2) is 28.6 Å². The molecule has 6 heteroatoms. The monoisotopic (exact) mass is 257 g/mol. The van der Waals surface area contributed by atoms with Gasteiger partial charge in [-0.05, 0) is 26.7 Å². The van der Waals surface area contributed by atoms with Gasteiger partial charge in [0.05, 0.1) is 17.8 Å². The third-order valence-corrected chi connectivity index (χ3v) is 3.37. The number of thiazole rings is 1. The van der Waals surface area contributed by atoms with Gasteiger partial charge in [-0.3, -0.25) is 9.59 Å². The van der Waals surface area contributed by atoms with Crippen molar-refractivity contribution in [1.29, 1.82) is 0 Å². The maximum absolute atomic E-state index is 11.4. The van der Waals surface area contributed by atoms with Gasteiger partial charge in [-0.2, -0.15) is 0 Å². The normalized spacial score (nSPS) is 12.1. The molecule has 1 N–H and O–H groups in total. The minimum Gasteiger partial charge on any atom is -0.481 e. The largest absolute Gasteiger partial charge is 0.481 e. The lowest BCUT2D eigenvalue weighted by Crippen LogP contribution is -2.26. The van der Waals surface area contributed by atoms with E-state index in [4.69, 9.17) is 9.84 Å². The van der Waals surface area contributed by atoms with Crippen molar-refractivity contribution in [3.63, 3.8) is 0 Å². The predicted molar refractivity (Wildman–Crippen MR) is 62.9 cm³/mol.